The van der Waals surface area contributed by atoms with Crippen LogP contribution in [0.3, 0.4) is 0 Å². The first-order chi connectivity index (χ1) is 7.13. The van der Waals surface area contributed by atoms with Crippen LogP contribution in [0.2, 0.25) is 0 Å². The SMILES string of the molecule is C=C[C@@H](N)c1c(O)cc(OC)cc1OC. The first-order valence-electron chi connectivity index (χ1n) is 4.47. The van der Waals surface area contributed by atoms with Crippen LogP contribution in [0.25, 0.3) is 0 Å². The molecule has 0 saturated heterocycles. The number of aromatic hydroxyl groups is 1. The molecule has 0 aliphatic rings. The first kappa shape index (κ1) is 11.4. The highest BCUT2D eigenvalue weighted by Crippen LogP contribution is 2.36. The molecule has 15 heavy (non-hydrogen) atoms. The third-order valence-electron chi connectivity index (χ3n) is 2.14. The van der Waals surface area contributed by atoms with E-state index in [9.17, 15) is 5.11 Å². The molecule has 4 heteroatoms. The number of nitrogens with two attached hydrogens (primary N) is 1. The maximum absolute atomic E-state index is 9.75. The molecule has 4 nitrogen and oxygen atoms in total. The molecule has 0 fully saturated rings. The molecule has 3 N–H and O–H groups in total. The van der Waals surface area contributed by atoms with Crippen LogP contribution >= 0.6 is 0 Å². The van der Waals surface area contributed by atoms with Crippen molar-refractivity contribution in [3.05, 3.63) is 30.4 Å². The van der Waals surface area contributed by atoms with Gasteiger partial charge in [0.05, 0.1) is 25.8 Å². The Morgan fingerprint density at radius 3 is 2.53 bits per heavy atom. The zero-order valence-corrected chi connectivity index (χ0v) is 8.86. The summed E-state index contributed by atoms with van der Waals surface area (Å²) in [4.78, 5) is 0. The Morgan fingerprint density at radius 2 is 2.07 bits per heavy atom. The number of hydrogen-bond donors (Lipinski definition) is 2. The molecule has 0 bridgehead atoms. The van der Waals surface area contributed by atoms with Crippen LogP contribution in [0.15, 0.2) is 24.8 Å². The van der Waals surface area contributed by atoms with Crippen LogP contribution in [0.5, 0.6) is 17.2 Å². The minimum Gasteiger partial charge on any atom is -0.507 e. The first-order valence-corrected chi connectivity index (χ1v) is 4.47. The van der Waals surface area contributed by atoms with Gasteiger partial charge in [-0.3, -0.25) is 0 Å². The van der Waals surface area contributed by atoms with E-state index in [2.05, 4.69) is 6.58 Å². The van der Waals surface area contributed by atoms with Crippen LogP contribution in [-0.4, -0.2) is 19.3 Å². The fraction of sp³-hybridized carbons (Fsp3) is 0.273. The quantitative estimate of drug-likeness (QED) is 0.739. The minimum absolute atomic E-state index is 0.0404. The fourth-order valence-electron chi connectivity index (χ4n) is 1.33. The minimum atomic E-state index is -0.467. The van der Waals surface area contributed by atoms with Crippen molar-refractivity contribution < 1.29 is 14.6 Å². The number of phenolic OH excluding ortho intramolecular Hbond substituents is 1. The third-order valence-corrected chi connectivity index (χ3v) is 2.14. The van der Waals surface area contributed by atoms with E-state index in [1.807, 2.05) is 0 Å². The van der Waals surface area contributed by atoms with Gasteiger partial charge in [0.1, 0.15) is 17.2 Å². The van der Waals surface area contributed by atoms with Gasteiger partial charge in [0, 0.05) is 12.1 Å². The fourth-order valence-corrected chi connectivity index (χ4v) is 1.33. The van der Waals surface area contributed by atoms with Gasteiger partial charge in [-0.15, -0.1) is 6.58 Å². The van der Waals surface area contributed by atoms with E-state index in [1.165, 1.54) is 26.4 Å². The molecule has 0 saturated carbocycles. The lowest BCUT2D eigenvalue weighted by Gasteiger charge is -2.15. The second-order valence-corrected chi connectivity index (χ2v) is 3.02. The normalized spacial score (nSPS) is 11.9. The summed E-state index contributed by atoms with van der Waals surface area (Å²) in [7, 11) is 3.02. The Morgan fingerprint density at radius 1 is 1.40 bits per heavy atom. The average Bonchev–Trinajstić information content (AvgIpc) is 2.26. The molecule has 1 aromatic rings. The van der Waals surface area contributed by atoms with Crippen molar-refractivity contribution in [3.8, 4) is 17.2 Å². The van der Waals surface area contributed by atoms with Crippen molar-refractivity contribution in [3.63, 3.8) is 0 Å². The van der Waals surface area contributed by atoms with Crippen molar-refractivity contribution in [2.24, 2.45) is 5.73 Å². The molecule has 0 spiro atoms. The van der Waals surface area contributed by atoms with Crippen molar-refractivity contribution in [1.82, 2.24) is 0 Å². The summed E-state index contributed by atoms with van der Waals surface area (Å²) in [5, 5.41) is 9.75. The standard InChI is InChI=1S/C11H15NO3/c1-4-8(12)11-9(13)5-7(14-2)6-10(11)15-3/h4-6,8,13H,1,12H2,2-3H3/t8-/m1/s1. The van der Waals surface area contributed by atoms with Crippen molar-refractivity contribution in [2.45, 2.75) is 6.04 Å². The van der Waals surface area contributed by atoms with Crippen LogP contribution in [0.1, 0.15) is 11.6 Å². The Labute approximate surface area is 88.9 Å². The lowest BCUT2D eigenvalue weighted by molar-refractivity contribution is 0.378. The van der Waals surface area contributed by atoms with Gasteiger partial charge in [-0.05, 0) is 0 Å². The molecule has 0 radical (unpaired) electrons. The molecule has 0 aliphatic carbocycles. The topological polar surface area (TPSA) is 64.7 Å². The molecule has 0 heterocycles. The zero-order valence-electron chi connectivity index (χ0n) is 8.86. The van der Waals surface area contributed by atoms with E-state index in [0.717, 1.165) is 0 Å². The van der Waals surface area contributed by atoms with E-state index in [1.54, 1.807) is 6.07 Å². The molecule has 82 valence electrons. The van der Waals surface area contributed by atoms with E-state index in [0.29, 0.717) is 17.1 Å². The molecule has 0 aliphatic heterocycles. The maximum atomic E-state index is 9.75. The molecule has 0 amide bonds. The Hall–Kier alpha value is -1.68. The van der Waals surface area contributed by atoms with Crippen molar-refractivity contribution >= 4 is 0 Å². The van der Waals surface area contributed by atoms with Gasteiger partial charge in [0.15, 0.2) is 0 Å². The summed E-state index contributed by atoms with van der Waals surface area (Å²) in [6, 6.07) is 2.69. The summed E-state index contributed by atoms with van der Waals surface area (Å²) in [5.41, 5.74) is 6.27. The largest absolute Gasteiger partial charge is 0.507 e. The number of ether oxygens (including phenoxy) is 2. The number of methoxy groups -OCH3 is 2. The van der Waals surface area contributed by atoms with Gasteiger partial charge >= 0.3 is 0 Å². The smallest absolute Gasteiger partial charge is 0.131 e. The second kappa shape index (κ2) is 4.70. The highest BCUT2D eigenvalue weighted by atomic mass is 16.5. The predicted octanol–water partition coefficient (Wildman–Crippen LogP) is 1.60. The van der Waals surface area contributed by atoms with Gasteiger partial charge in [0.25, 0.3) is 0 Å². The van der Waals surface area contributed by atoms with Gasteiger partial charge < -0.3 is 20.3 Å². The average molecular weight is 209 g/mol. The van der Waals surface area contributed by atoms with E-state index in [4.69, 9.17) is 15.2 Å². The summed E-state index contributed by atoms with van der Waals surface area (Å²) in [6.45, 7) is 3.57. The van der Waals surface area contributed by atoms with E-state index in [-0.39, 0.29) is 5.75 Å². The van der Waals surface area contributed by atoms with E-state index >= 15 is 0 Å². The molecule has 1 aromatic carbocycles. The highest BCUT2D eigenvalue weighted by molar-refractivity contribution is 5.52. The Bertz CT molecular complexity index is 363. The van der Waals surface area contributed by atoms with Crippen molar-refractivity contribution in [1.29, 1.82) is 0 Å². The molecule has 0 unspecified atom stereocenters. The predicted molar refractivity (Wildman–Crippen MR) is 58.3 cm³/mol. The van der Waals surface area contributed by atoms with Gasteiger partial charge in [0.2, 0.25) is 0 Å². The third kappa shape index (κ3) is 2.22. The van der Waals surface area contributed by atoms with Gasteiger partial charge in [-0.2, -0.15) is 0 Å². The van der Waals surface area contributed by atoms with Crippen LogP contribution < -0.4 is 15.2 Å². The summed E-state index contributed by atoms with van der Waals surface area (Å²) in [5.74, 6) is 1.04. The highest BCUT2D eigenvalue weighted by Gasteiger charge is 2.15. The van der Waals surface area contributed by atoms with Crippen molar-refractivity contribution in [2.75, 3.05) is 14.2 Å². The Kier molecular flexibility index (Phi) is 3.57. The number of benzene rings is 1. The number of rotatable bonds is 4. The molecule has 1 rings (SSSR count). The Balaban J connectivity index is 3.30. The maximum Gasteiger partial charge on any atom is 0.131 e. The van der Waals surface area contributed by atoms with Gasteiger partial charge in [-0.1, -0.05) is 6.08 Å². The van der Waals surface area contributed by atoms with Crippen LogP contribution in [0.4, 0.5) is 0 Å². The summed E-state index contributed by atoms with van der Waals surface area (Å²) < 4.78 is 10.1. The number of phenols is 1. The number of hydrogen-bond acceptors (Lipinski definition) is 4. The van der Waals surface area contributed by atoms with Crippen LogP contribution in [0, 0.1) is 0 Å². The summed E-state index contributed by atoms with van der Waals surface area (Å²) in [6.07, 6.45) is 1.53. The van der Waals surface area contributed by atoms with Gasteiger partial charge in [-0.25, -0.2) is 0 Å². The second-order valence-electron chi connectivity index (χ2n) is 3.02. The zero-order chi connectivity index (χ0) is 11.4. The molecule has 0 aromatic heterocycles. The molecule has 1 atom stereocenters. The van der Waals surface area contributed by atoms with E-state index < -0.39 is 6.04 Å². The monoisotopic (exact) mass is 209 g/mol. The molecular weight excluding hydrogens is 194 g/mol. The lowest BCUT2D eigenvalue weighted by atomic mass is 10.0. The lowest BCUT2D eigenvalue weighted by Crippen LogP contribution is -2.08. The van der Waals surface area contributed by atoms with Crippen LogP contribution in [-0.2, 0) is 0 Å². The summed E-state index contributed by atoms with van der Waals surface area (Å²) >= 11 is 0. The molecular formula is C11H15NO3.